The molecule has 106 valence electrons. The van der Waals surface area contributed by atoms with E-state index in [4.69, 9.17) is 11.6 Å². The highest BCUT2D eigenvalue weighted by Crippen LogP contribution is 2.25. The molecule has 1 atom stereocenters. The molecule has 0 bridgehead atoms. The minimum atomic E-state index is -0.576. The fraction of sp³-hybridized carbons (Fsp3) is 0.417. The van der Waals surface area contributed by atoms with E-state index < -0.39 is 11.7 Å². The minimum absolute atomic E-state index is 0. The van der Waals surface area contributed by atoms with Gasteiger partial charge in [-0.25, -0.2) is 4.39 Å². The first-order valence-electron chi connectivity index (χ1n) is 5.74. The molecule has 0 saturated carbocycles. The second-order valence-electron chi connectivity index (χ2n) is 4.26. The number of hydrogen-bond acceptors (Lipinski definition) is 2. The van der Waals surface area contributed by atoms with Crippen molar-refractivity contribution in [2.45, 2.75) is 18.9 Å². The third-order valence-corrected chi connectivity index (χ3v) is 4.08. The average Bonchev–Trinajstić information content (AvgIpc) is 2.35. The second-order valence-corrected chi connectivity index (χ2v) is 5.52. The zero-order valence-corrected chi connectivity index (χ0v) is 13.2. The van der Waals surface area contributed by atoms with Crippen LogP contribution in [0.25, 0.3) is 0 Å². The molecule has 1 saturated heterocycles. The van der Waals surface area contributed by atoms with E-state index in [-0.39, 0.29) is 24.0 Å². The topological polar surface area (TPSA) is 41.1 Å². The quantitative estimate of drug-likeness (QED) is 0.784. The van der Waals surface area contributed by atoms with Gasteiger partial charge < -0.3 is 10.6 Å². The Labute approximate surface area is 130 Å². The molecule has 1 fully saturated rings. The Morgan fingerprint density at radius 1 is 1.53 bits per heavy atom. The lowest BCUT2D eigenvalue weighted by Crippen LogP contribution is -2.45. The van der Waals surface area contributed by atoms with Gasteiger partial charge in [0, 0.05) is 17.1 Å². The van der Waals surface area contributed by atoms with Crippen LogP contribution in [-0.2, 0) is 0 Å². The van der Waals surface area contributed by atoms with Gasteiger partial charge in [-0.3, -0.25) is 4.79 Å². The van der Waals surface area contributed by atoms with Gasteiger partial charge in [0.25, 0.3) is 5.91 Å². The summed E-state index contributed by atoms with van der Waals surface area (Å²) < 4.78 is 14.1. The van der Waals surface area contributed by atoms with E-state index in [0.717, 1.165) is 25.9 Å². The number of benzene rings is 1. The van der Waals surface area contributed by atoms with E-state index in [1.807, 2.05) is 0 Å². The summed E-state index contributed by atoms with van der Waals surface area (Å²) >= 11 is 8.98. The molecule has 1 amide bonds. The molecule has 1 aromatic rings. The summed E-state index contributed by atoms with van der Waals surface area (Å²) in [5, 5.41) is 6.31. The maximum Gasteiger partial charge on any atom is 0.254 e. The van der Waals surface area contributed by atoms with Crippen molar-refractivity contribution in [2.24, 2.45) is 0 Å². The van der Waals surface area contributed by atoms with Crippen molar-refractivity contribution in [1.82, 2.24) is 10.6 Å². The summed E-state index contributed by atoms with van der Waals surface area (Å²) in [5.41, 5.74) is -0.0197. The lowest BCUT2D eigenvalue weighted by atomic mass is 10.1. The molecule has 0 aromatic heterocycles. The highest BCUT2D eigenvalue weighted by atomic mass is 79.9. The molecular formula is C12H14BrCl2FN2O. The van der Waals surface area contributed by atoms with Crippen molar-refractivity contribution in [2.75, 3.05) is 13.1 Å². The van der Waals surface area contributed by atoms with Crippen LogP contribution in [0.1, 0.15) is 23.2 Å². The summed E-state index contributed by atoms with van der Waals surface area (Å²) in [6, 6.07) is 2.59. The van der Waals surface area contributed by atoms with Gasteiger partial charge in [-0.1, -0.05) is 11.6 Å². The van der Waals surface area contributed by atoms with Gasteiger partial charge in [-0.05, 0) is 47.4 Å². The molecule has 19 heavy (non-hydrogen) atoms. The number of carbonyl (C=O) groups excluding carboxylic acids is 1. The van der Waals surface area contributed by atoms with Crippen LogP contribution < -0.4 is 10.6 Å². The van der Waals surface area contributed by atoms with Gasteiger partial charge in [-0.15, -0.1) is 12.4 Å². The van der Waals surface area contributed by atoms with Gasteiger partial charge >= 0.3 is 0 Å². The number of nitrogens with one attached hydrogen (secondary N) is 2. The molecule has 1 aliphatic heterocycles. The second kappa shape index (κ2) is 7.43. The summed E-state index contributed by atoms with van der Waals surface area (Å²) in [4.78, 5) is 11.9. The summed E-state index contributed by atoms with van der Waals surface area (Å²) in [6.45, 7) is 1.68. The van der Waals surface area contributed by atoms with Crippen molar-refractivity contribution in [3.05, 3.63) is 33.0 Å². The predicted molar refractivity (Wildman–Crippen MR) is 79.7 cm³/mol. The summed E-state index contributed by atoms with van der Waals surface area (Å²) in [5.74, 6) is -0.997. The van der Waals surface area contributed by atoms with Crippen LogP contribution in [0.3, 0.4) is 0 Å². The zero-order chi connectivity index (χ0) is 13.1. The number of hydrogen-bond donors (Lipinski definition) is 2. The van der Waals surface area contributed by atoms with E-state index in [2.05, 4.69) is 26.6 Å². The van der Waals surface area contributed by atoms with Gasteiger partial charge in [0.1, 0.15) is 5.82 Å². The molecule has 2 rings (SSSR count). The Morgan fingerprint density at radius 3 is 2.89 bits per heavy atom. The Kier molecular flexibility index (Phi) is 6.53. The lowest BCUT2D eigenvalue weighted by Gasteiger charge is -2.23. The van der Waals surface area contributed by atoms with Gasteiger partial charge in [0.15, 0.2) is 0 Å². The highest BCUT2D eigenvalue weighted by Gasteiger charge is 2.19. The number of rotatable bonds is 2. The van der Waals surface area contributed by atoms with Crippen molar-refractivity contribution in [1.29, 1.82) is 0 Å². The molecule has 1 heterocycles. The molecule has 0 aliphatic carbocycles. The minimum Gasteiger partial charge on any atom is -0.348 e. The fourth-order valence-corrected chi connectivity index (χ4v) is 2.41. The largest absolute Gasteiger partial charge is 0.348 e. The molecule has 0 radical (unpaired) electrons. The van der Waals surface area contributed by atoms with Crippen molar-refractivity contribution in [3.63, 3.8) is 0 Å². The van der Waals surface area contributed by atoms with Gasteiger partial charge in [0.05, 0.1) is 10.6 Å². The van der Waals surface area contributed by atoms with Crippen LogP contribution in [0.15, 0.2) is 16.6 Å². The zero-order valence-electron chi connectivity index (χ0n) is 10.0. The molecule has 1 aromatic carbocycles. The standard InChI is InChI=1S/C12H13BrClFN2O.ClH/c13-9-5-11(15)8(4-10(9)14)12(18)17-7-2-1-3-16-6-7;/h4-5,7,16H,1-3,6H2,(H,17,18);1H/t7-;/m1./s1. The molecule has 0 spiro atoms. The Balaban J connectivity index is 0.00000180. The lowest BCUT2D eigenvalue weighted by molar-refractivity contribution is 0.0926. The maximum absolute atomic E-state index is 13.7. The predicted octanol–water partition coefficient (Wildman–Crippen LogP) is 3.15. The third-order valence-electron chi connectivity index (χ3n) is 2.89. The number of piperidine rings is 1. The average molecular weight is 372 g/mol. The van der Waals surface area contributed by atoms with Gasteiger partial charge in [-0.2, -0.15) is 0 Å². The number of halogens is 4. The van der Waals surface area contributed by atoms with Crippen LogP contribution in [0.2, 0.25) is 5.02 Å². The van der Waals surface area contributed by atoms with Crippen LogP contribution in [0, 0.1) is 5.82 Å². The van der Waals surface area contributed by atoms with Crippen LogP contribution in [0.5, 0.6) is 0 Å². The first-order chi connectivity index (χ1) is 8.58. The van der Waals surface area contributed by atoms with Gasteiger partial charge in [0.2, 0.25) is 0 Å². The normalized spacial score (nSPS) is 18.6. The van der Waals surface area contributed by atoms with Crippen LogP contribution in [-0.4, -0.2) is 25.0 Å². The van der Waals surface area contributed by atoms with Crippen LogP contribution in [0.4, 0.5) is 4.39 Å². The maximum atomic E-state index is 13.7. The highest BCUT2D eigenvalue weighted by molar-refractivity contribution is 9.10. The Morgan fingerprint density at radius 2 is 2.26 bits per heavy atom. The van der Waals surface area contributed by atoms with Crippen molar-refractivity contribution < 1.29 is 9.18 Å². The molecule has 0 unspecified atom stereocenters. The molecule has 1 aliphatic rings. The Bertz CT molecular complexity index is 467. The molecular weight excluding hydrogens is 358 g/mol. The van der Waals surface area contributed by atoms with Crippen molar-refractivity contribution in [3.8, 4) is 0 Å². The molecule has 3 nitrogen and oxygen atoms in total. The van der Waals surface area contributed by atoms with E-state index in [9.17, 15) is 9.18 Å². The SMILES string of the molecule is Cl.O=C(N[C@@H]1CCCNC1)c1cc(Cl)c(Br)cc1F. The molecule has 7 heteroatoms. The van der Waals surface area contributed by atoms with E-state index >= 15 is 0 Å². The number of amides is 1. The first kappa shape index (κ1) is 16.7. The molecule has 2 N–H and O–H groups in total. The third kappa shape index (κ3) is 4.31. The van der Waals surface area contributed by atoms with E-state index in [0.29, 0.717) is 9.50 Å². The van der Waals surface area contributed by atoms with E-state index in [1.165, 1.54) is 12.1 Å². The smallest absolute Gasteiger partial charge is 0.254 e. The summed E-state index contributed by atoms with van der Waals surface area (Å²) in [7, 11) is 0. The monoisotopic (exact) mass is 370 g/mol. The fourth-order valence-electron chi connectivity index (χ4n) is 1.93. The number of carbonyl (C=O) groups is 1. The first-order valence-corrected chi connectivity index (χ1v) is 6.91. The van der Waals surface area contributed by atoms with Crippen molar-refractivity contribution >= 4 is 45.8 Å². The van der Waals surface area contributed by atoms with E-state index in [1.54, 1.807) is 0 Å². The Hall–Kier alpha value is -0.360. The summed E-state index contributed by atoms with van der Waals surface area (Å²) in [6.07, 6.45) is 1.92. The van der Waals surface area contributed by atoms with Crippen LogP contribution >= 0.6 is 39.9 Å².